The maximum atomic E-state index is 13.3. The Labute approximate surface area is 133 Å². The van der Waals surface area contributed by atoms with Gasteiger partial charge in [0.25, 0.3) is 5.91 Å². The topological polar surface area (TPSA) is 54.9 Å². The molecule has 0 aliphatic carbocycles. The highest BCUT2D eigenvalue weighted by Gasteiger charge is 2.15. The summed E-state index contributed by atoms with van der Waals surface area (Å²) in [7, 11) is 0. The smallest absolute Gasteiger partial charge is 0.258 e. The second kappa shape index (κ2) is 6.06. The molecule has 4 nitrogen and oxygen atoms in total. The maximum Gasteiger partial charge on any atom is 0.258 e. The van der Waals surface area contributed by atoms with E-state index in [9.17, 15) is 9.18 Å². The summed E-state index contributed by atoms with van der Waals surface area (Å²) in [5.74, 6) is -0.735. The van der Waals surface area contributed by atoms with Crippen LogP contribution in [0.1, 0.15) is 10.4 Å². The molecule has 0 aliphatic heterocycles. The van der Waals surface area contributed by atoms with Gasteiger partial charge in [-0.05, 0) is 59.9 Å². The molecule has 1 amide bonds. The molecule has 8 heteroatoms. The molecule has 1 aromatic carbocycles. The Balaban J connectivity index is 2.28. The molecule has 0 atom stereocenters. The number of anilines is 1. The first-order valence-electron chi connectivity index (χ1n) is 4.92. The Hall–Kier alpha value is -0.860. The summed E-state index contributed by atoms with van der Waals surface area (Å²) < 4.78 is 14.4. The van der Waals surface area contributed by atoms with E-state index in [1.54, 1.807) is 0 Å². The molecule has 0 saturated carbocycles. The van der Waals surface area contributed by atoms with Gasteiger partial charge in [0.1, 0.15) is 15.0 Å². The Bertz CT molecular complexity index is 651. The van der Waals surface area contributed by atoms with Crippen LogP contribution in [0.5, 0.6) is 0 Å². The number of aromatic nitrogens is 2. The lowest BCUT2D eigenvalue weighted by Crippen LogP contribution is -2.14. The lowest BCUT2D eigenvalue weighted by molar-refractivity contribution is 0.102. The minimum absolute atomic E-state index is 0.105. The van der Waals surface area contributed by atoms with E-state index in [0.717, 1.165) is 0 Å². The van der Waals surface area contributed by atoms with Gasteiger partial charge in [0.15, 0.2) is 5.82 Å². The second-order valence-electron chi connectivity index (χ2n) is 3.39. The fraction of sp³-hybridized carbons (Fsp3) is 0. The number of hydrogen-bond acceptors (Lipinski definition) is 3. The third-order valence-electron chi connectivity index (χ3n) is 2.13. The standard InChI is InChI=1S/C11H5Br3FN3O/c12-7-4-16-10(9(14)17-7)18-11(19)5-2-1-3-6(15)8(5)13/h1-4H,(H,16,18,19). The van der Waals surface area contributed by atoms with Gasteiger partial charge < -0.3 is 5.32 Å². The van der Waals surface area contributed by atoms with Crippen LogP contribution in [0.3, 0.4) is 0 Å². The Kier molecular flexibility index (Phi) is 4.64. The first-order chi connectivity index (χ1) is 8.99. The van der Waals surface area contributed by atoms with Crippen molar-refractivity contribution < 1.29 is 9.18 Å². The van der Waals surface area contributed by atoms with Gasteiger partial charge in [0.05, 0.1) is 16.2 Å². The Morgan fingerprint density at radius 1 is 1.26 bits per heavy atom. The van der Waals surface area contributed by atoms with Crippen molar-refractivity contribution in [2.75, 3.05) is 5.32 Å². The van der Waals surface area contributed by atoms with Gasteiger partial charge in [-0.1, -0.05) is 6.07 Å². The average molecular weight is 454 g/mol. The second-order valence-corrected chi connectivity index (χ2v) is 5.74. The Morgan fingerprint density at radius 2 is 2.00 bits per heavy atom. The van der Waals surface area contributed by atoms with Crippen LogP contribution in [0.4, 0.5) is 10.2 Å². The van der Waals surface area contributed by atoms with E-state index in [1.807, 2.05) is 0 Å². The third-order valence-corrected chi connectivity index (χ3v) is 3.87. The molecular formula is C11H5Br3FN3O. The first-order valence-corrected chi connectivity index (χ1v) is 7.30. The minimum Gasteiger partial charge on any atom is -0.304 e. The van der Waals surface area contributed by atoms with Gasteiger partial charge in [-0.15, -0.1) is 0 Å². The number of hydrogen-bond donors (Lipinski definition) is 1. The minimum atomic E-state index is -0.506. The molecule has 0 unspecified atom stereocenters. The molecule has 0 spiro atoms. The number of halogens is 4. The molecule has 0 bridgehead atoms. The fourth-order valence-corrected chi connectivity index (χ4v) is 2.64. The van der Waals surface area contributed by atoms with Crippen LogP contribution in [0.2, 0.25) is 0 Å². The largest absolute Gasteiger partial charge is 0.304 e. The molecule has 19 heavy (non-hydrogen) atoms. The zero-order valence-corrected chi connectivity index (χ0v) is 13.9. The molecule has 1 heterocycles. The van der Waals surface area contributed by atoms with Gasteiger partial charge in [-0.25, -0.2) is 14.4 Å². The lowest BCUT2D eigenvalue weighted by atomic mass is 10.2. The zero-order chi connectivity index (χ0) is 14.0. The van der Waals surface area contributed by atoms with Crippen LogP contribution in [0, 0.1) is 5.82 Å². The van der Waals surface area contributed by atoms with E-state index in [2.05, 4.69) is 63.1 Å². The monoisotopic (exact) mass is 451 g/mol. The highest BCUT2D eigenvalue weighted by molar-refractivity contribution is 9.11. The normalized spacial score (nSPS) is 10.3. The predicted molar refractivity (Wildman–Crippen MR) is 79.5 cm³/mol. The van der Waals surface area contributed by atoms with Crippen molar-refractivity contribution >= 4 is 59.5 Å². The van der Waals surface area contributed by atoms with E-state index in [-0.39, 0.29) is 15.9 Å². The van der Waals surface area contributed by atoms with Crippen molar-refractivity contribution in [3.63, 3.8) is 0 Å². The van der Waals surface area contributed by atoms with Crippen LogP contribution >= 0.6 is 47.8 Å². The van der Waals surface area contributed by atoms with Crippen molar-refractivity contribution in [3.8, 4) is 0 Å². The number of amides is 1. The molecule has 1 aromatic heterocycles. The molecule has 98 valence electrons. The van der Waals surface area contributed by atoms with Gasteiger partial charge in [-0.3, -0.25) is 4.79 Å². The van der Waals surface area contributed by atoms with Gasteiger partial charge in [0.2, 0.25) is 0 Å². The van der Waals surface area contributed by atoms with Crippen molar-refractivity contribution in [1.82, 2.24) is 9.97 Å². The summed E-state index contributed by atoms with van der Waals surface area (Å²) in [5.41, 5.74) is 0.177. The van der Waals surface area contributed by atoms with Crippen LogP contribution < -0.4 is 5.32 Å². The van der Waals surface area contributed by atoms with Crippen LogP contribution in [-0.4, -0.2) is 15.9 Å². The molecule has 1 N–H and O–H groups in total. The van der Waals surface area contributed by atoms with Crippen molar-refractivity contribution in [3.05, 3.63) is 49.5 Å². The quantitative estimate of drug-likeness (QED) is 0.743. The fourth-order valence-electron chi connectivity index (χ4n) is 1.28. The van der Waals surface area contributed by atoms with E-state index in [1.165, 1.54) is 24.4 Å². The van der Waals surface area contributed by atoms with Crippen molar-refractivity contribution in [1.29, 1.82) is 0 Å². The SMILES string of the molecule is O=C(Nc1ncc(Br)nc1Br)c1cccc(F)c1Br. The number of carbonyl (C=O) groups is 1. The van der Waals surface area contributed by atoms with E-state index < -0.39 is 11.7 Å². The van der Waals surface area contributed by atoms with Crippen molar-refractivity contribution in [2.45, 2.75) is 0 Å². The highest BCUT2D eigenvalue weighted by atomic mass is 79.9. The number of carbonyl (C=O) groups excluding carboxylic acids is 1. The van der Waals surface area contributed by atoms with Crippen molar-refractivity contribution in [2.24, 2.45) is 0 Å². The van der Waals surface area contributed by atoms with Crippen LogP contribution in [-0.2, 0) is 0 Å². The first kappa shape index (κ1) is 14.5. The molecule has 2 rings (SSSR count). The summed E-state index contributed by atoms with van der Waals surface area (Å²) >= 11 is 9.37. The predicted octanol–water partition coefficient (Wildman–Crippen LogP) is 4.16. The van der Waals surface area contributed by atoms with E-state index in [0.29, 0.717) is 9.21 Å². The molecule has 0 saturated heterocycles. The zero-order valence-electron chi connectivity index (χ0n) is 9.12. The van der Waals surface area contributed by atoms with Gasteiger partial charge >= 0.3 is 0 Å². The van der Waals surface area contributed by atoms with Gasteiger partial charge in [0, 0.05) is 0 Å². The summed E-state index contributed by atoms with van der Waals surface area (Å²) in [5, 5.41) is 2.54. The van der Waals surface area contributed by atoms with E-state index in [4.69, 9.17) is 0 Å². The van der Waals surface area contributed by atoms with Gasteiger partial charge in [-0.2, -0.15) is 0 Å². The molecular weight excluding hydrogens is 449 g/mol. The number of rotatable bonds is 2. The average Bonchev–Trinajstić information content (AvgIpc) is 2.36. The number of nitrogens with one attached hydrogen (secondary N) is 1. The highest BCUT2D eigenvalue weighted by Crippen LogP contribution is 2.23. The lowest BCUT2D eigenvalue weighted by Gasteiger charge is -2.07. The molecule has 0 radical (unpaired) electrons. The van der Waals surface area contributed by atoms with E-state index >= 15 is 0 Å². The maximum absolute atomic E-state index is 13.3. The summed E-state index contributed by atoms with van der Waals surface area (Å²) in [6, 6.07) is 4.22. The number of benzene rings is 1. The van der Waals surface area contributed by atoms with Crippen LogP contribution in [0.15, 0.2) is 38.1 Å². The summed E-state index contributed by atoms with van der Waals surface area (Å²) in [4.78, 5) is 20.0. The third kappa shape index (κ3) is 3.37. The van der Waals surface area contributed by atoms with Crippen LogP contribution in [0.25, 0.3) is 0 Å². The molecule has 2 aromatic rings. The Morgan fingerprint density at radius 3 is 2.68 bits per heavy atom. The molecule has 0 fully saturated rings. The number of nitrogens with zero attached hydrogens (tertiary/aromatic N) is 2. The summed E-state index contributed by atoms with van der Waals surface area (Å²) in [6.45, 7) is 0. The summed E-state index contributed by atoms with van der Waals surface area (Å²) in [6.07, 6.45) is 1.45. The molecule has 0 aliphatic rings.